The molecule has 4 rings (SSSR count). The van der Waals surface area contributed by atoms with Gasteiger partial charge in [-0.25, -0.2) is 0 Å². The van der Waals surface area contributed by atoms with Gasteiger partial charge in [-0.05, 0) is 37.8 Å². The van der Waals surface area contributed by atoms with Gasteiger partial charge in [-0.15, -0.1) is 0 Å². The zero-order chi connectivity index (χ0) is 12.1. The number of aromatic nitrogens is 1. The summed E-state index contributed by atoms with van der Waals surface area (Å²) < 4.78 is 2.05. The first-order valence-electron chi connectivity index (χ1n) is 7.27. The molecule has 2 saturated heterocycles. The monoisotopic (exact) mass is 244 g/mol. The first-order chi connectivity index (χ1) is 8.83. The Hall–Kier alpha value is -1.09. The minimum Gasteiger partial charge on any atom is -0.312 e. The lowest BCUT2D eigenvalue weighted by Crippen LogP contribution is -2.54. The normalized spacial score (nSPS) is 34.8. The van der Waals surface area contributed by atoms with Gasteiger partial charge in [0.25, 0.3) is 5.56 Å². The lowest BCUT2D eigenvalue weighted by atomic mass is 9.75. The van der Waals surface area contributed by atoms with Crippen LogP contribution in [-0.4, -0.2) is 28.6 Å². The summed E-state index contributed by atoms with van der Waals surface area (Å²) >= 11 is 0. The van der Waals surface area contributed by atoms with Crippen LogP contribution in [0.2, 0.25) is 0 Å². The van der Waals surface area contributed by atoms with Crippen molar-refractivity contribution in [1.82, 2.24) is 9.47 Å². The van der Waals surface area contributed by atoms with Crippen LogP contribution >= 0.6 is 0 Å². The zero-order valence-electron chi connectivity index (χ0n) is 10.7. The third-order valence-electron chi connectivity index (χ3n) is 5.17. The predicted molar refractivity (Wildman–Crippen MR) is 70.8 cm³/mol. The molecular formula is C15H20N2O. The van der Waals surface area contributed by atoms with Gasteiger partial charge in [-0.2, -0.15) is 0 Å². The van der Waals surface area contributed by atoms with Gasteiger partial charge >= 0.3 is 0 Å². The van der Waals surface area contributed by atoms with E-state index in [4.69, 9.17) is 0 Å². The molecule has 0 aromatic carbocycles. The molecule has 2 bridgehead atoms. The van der Waals surface area contributed by atoms with Gasteiger partial charge < -0.3 is 4.57 Å². The lowest BCUT2D eigenvalue weighted by molar-refractivity contribution is 0.0248. The highest BCUT2D eigenvalue weighted by Crippen LogP contribution is 2.41. The third-order valence-corrected chi connectivity index (χ3v) is 5.17. The van der Waals surface area contributed by atoms with E-state index in [9.17, 15) is 4.79 Å². The Balaban J connectivity index is 1.76. The zero-order valence-corrected chi connectivity index (χ0v) is 10.7. The smallest absolute Gasteiger partial charge is 0.250 e. The Morgan fingerprint density at radius 1 is 1.17 bits per heavy atom. The highest BCUT2D eigenvalue weighted by atomic mass is 16.1. The Bertz CT molecular complexity index is 521. The van der Waals surface area contributed by atoms with E-state index >= 15 is 0 Å². The summed E-state index contributed by atoms with van der Waals surface area (Å²) in [7, 11) is 0. The van der Waals surface area contributed by atoms with Gasteiger partial charge in [0.15, 0.2) is 0 Å². The van der Waals surface area contributed by atoms with Crippen molar-refractivity contribution in [3.05, 3.63) is 34.2 Å². The van der Waals surface area contributed by atoms with E-state index < -0.39 is 0 Å². The minimum atomic E-state index is 0.200. The number of nitrogens with zero attached hydrogens (tertiary/aromatic N) is 2. The van der Waals surface area contributed by atoms with Crippen molar-refractivity contribution in [2.24, 2.45) is 5.92 Å². The van der Waals surface area contributed by atoms with Crippen LogP contribution in [0.1, 0.15) is 37.3 Å². The summed E-state index contributed by atoms with van der Waals surface area (Å²) in [5, 5.41) is 0. The first-order valence-corrected chi connectivity index (χ1v) is 7.27. The van der Waals surface area contributed by atoms with Crippen molar-refractivity contribution >= 4 is 0 Å². The maximum Gasteiger partial charge on any atom is 0.250 e. The molecule has 3 aliphatic rings. The lowest BCUT2D eigenvalue weighted by Gasteiger charge is -2.50. The molecule has 3 heteroatoms. The first kappa shape index (κ1) is 10.8. The molecule has 0 amide bonds. The average molecular weight is 244 g/mol. The highest BCUT2D eigenvalue weighted by Gasteiger charge is 2.41. The summed E-state index contributed by atoms with van der Waals surface area (Å²) in [6, 6.07) is 6.54. The molecule has 2 fully saturated rings. The molecule has 96 valence electrons. The summed E-state index contributed by atoms with van der Waals surface area (Å²) in [6.07, 6.45) is 5.37. The minimum absolute atomic E-state index is 0.200. The molecular weight excluding hydrogens is 224 g/mol. The van der Waals surface area contributed by atoms with Gasteiger partial charge in [0.1, 0.15) is 0 Å². The number of hydrogen-bond donors (Lipinski definition) is 0. The molecule has 3 atom stereocenters. The second-order valence-electron chi connectivity index (χ2n) is 6.15. The van der Waals surface area contributed by atoms with Crippen molar-refractivity contribution < 1.29 is 0 Å². The number of rotatable bonds is 0. The molecule has 3 unspecified atom stereocenters. The van der Waals surface area contributed by atoms with Crippen LogP contribution in [0, 0.1) is 5.92 Å². The molecule has 18 heavy (non-hydrogen) atoms. The topological polar surface area (TPSA) is 25.2 Å². The number of pyridine rings is 1. The van der Waals surface area contributed by atoms with Crippen molar-refractivity contribution in [2.75, 3.05) is 13.1 Å². The molecule has 0 radical (unpaired) electrons. The summed E-state index contributed by atoms with van der Waals surface area (Å²) in [5.74, 6) is 1.30. The van der Waals surface area contributed by atoms with Crippen LogP contribution in [0.4, 0.5) is 0 Å². The van der Waals surface area contributed by atoms with Crippen LogP contribution in [0.3, 0.4) is 0 Å². The second-order valence-corrected chi connectivity index (χ2v) is 6.15. The Morgan fingerprint density at radius 3 is 3.06 bits per heavy atom. The van der Waals surface area contributed by atoms with Crippen LogP contribution in [-0.2, 0) is 6.54 Å². The van der Waals surface area contributed by atoms with Gasteiger partial charge in [0.05, 0.1) is 0 Å². The molecule has 1 aromatic rings. The summed E-state index contributed by atoms with van der Waals surface area (Å²) in [5.41, 5.74) is 1.48. The molecule has 0 spiro atoms. The van der Waals surface area contributed by atoms with E-state index in [-0.39, 0.29) is 5.56 Å². The molecule has 4 heterocycles. The third kappa shape index (κ3) is 1.50. The SMILES string of the molecule is O=c1cccc2n1CC1CC2CN2CCCCC12. The van der Waals surface area contributed by atoms with E-state index in [0.717, 1.165) is 12.6 Å². The molecule has 3 aliphatic heterocycles. The van der Waals surface area contributed by atoms with Gasteiger partial charge in [-0.1, -0.05) is 12.5 Å². The number of piperidine rings is 2. The Labute approximate surface area is 107 Å². The highest BCUT2D eigenvalue weighted by molar-refractivity contribution is 5.18. The number of hydrogen-bond acceptors (Lipinski definition) is 2. The standard InChI is InChI=1S/C15H20N2O/c18-15-6-3-5-14-11-8-12(10-17(14)15)13-4-1-2-7-16(13)9-11/h3,5-6,11-13H,1-2,4,7-10H2. The molecule has 0 aliphatic carbocycles. The van der Waals surface area contributed by atoms with E-state index in [1.54, 1.807) is 6.07 Å². The molecule has 0 N–H and O–H groups in total. The maximum atomic E-state index is 12.0. The van der Waals surface area contributed by atoms with Crippen LogP contribution in [0.15, 0.2) is 23.0 Å². The Morgan fingerprint density at radius 2 is 2.11 bits per heavy atom. The van der Waals surface area contributed by atoms with E-state index in [2.05, 4.69) is 11.0 Å². The fourth-order valence-electron chi connectivity index (χ4n) is 4.39. The average Bonchev–Trinajstić information content (AvgIpc) is 2.40. The maximum absolute atomic E-state index is 12.0. The van der Waals surface area contributed by atoms with E-state index in [1.807, 2.05) is 10.6 Å². The fraction of sp³-hybridized carbons (Fsp3) is 0.667. The quantitative estimate of drug-likeness (QED) is 0.695. The summed E-state index contributed by atoms with van der Waals surface area (Å²) in [4.78, 5) is 14.7. The van der Waals surface area contributed by atoms with Crippen molar-refractivity contribution in [3.63, 3.8) is 0 Å². The fourth-order valence-corrected chi connectivity index (χ4v) is 4.39. The predicted octanol–water partition coefficient (Wildman–Crippen LogP) is 1.82. The van der Waals surface area contributed by atoms with Crippen molar-refractivity contribution in [2.45, 2.75) is 44.2 Å². The van der Waals surface area contributed by atoms with Crippen molar-refractivity contribution in [1.29, 1.82) is 0 Å². The van der Waals surface area contributed by atoms with Gasteiger partial charge in [-0.3, -0.25) is 9.69 Å². The second kappa shape index (κ2) is 3.95. The Kier molecular flexibility index (Phi) is 2.37. The molecule has 1 aromatic heterocycles. The summed E-state index contributed by atoms with van der Waals surface area (Å²) in [6.45, 7) is 3.39. The van der Waals surface area contributed by atoms with E-state index in [1.165, 1.54) is 44.5 Å². The van der Waals surface area contributed by atoms with Crippen molar-refractivity contribution in [3.8, 4) is 0 Å². The molecule has 0 saturated carbocycles. The van der Waals surface area contributed by atoms with Gasteiger partial charge in [0.2, 0.25) is 0 Å². The number of fused-ring (bicyclic) bond motifs is 6. The molecule has 3 nitrogen and oxygen atoms in total. The van der Waals surface area contributed by atoms with Gasteiger partial charge in [0, 0.05) is 36.8 Å². The van der Waals surface area contributed by atoms with Crippen LogP contribution in [0.5, 0.6) is 0 Å². The van der Waals surface area contributed by atoms with Crippen LogP contribution < -0.4 is 5.56 Å². The van der Waals surface area contributed by atoms with Crippen LogP contribution in [0.25, 0.3) is 0 Å². The largest absolute Gasteiger partial charge is 0.312 e. The van der Waals surface area contributed by atoms with E-state index in [0.29, 0.717) is 11.8 Å².